The Balaban J connectivity index is 1.70. The van der Waals surface area contributed by atoms with Crippen molar-refractivity contribution in [2.24, 2.45) is 0 Å². The first-order valence-electron chi connectivity index (χ1n) is 8.44. The van der Waals surface area contributed by atoms with Gasteiger partial charge in [-0.2, -0.15) is 5.26 Å². The van der Waals surface area contributed by atoms with Gasteiger partial charge in [-0.05, 0) is 36.8 Å². The zero-order chi connectivity index (χ0) is 19.2. The Hall–Kier alpha value is -2.62. The van der Waals surface area contributed by atoms with Crippen molar-refractivity contribution < 1.29 is 4.79 Å². The molecule has 0 aliphatic rings. The van der Waals surface area contributed by atoms with Crippen LogP contribution in [0.3, 0.4) is 0 Å². The second-order valence-corrected chi connectivity index (χ2v) is 8.19. The number of thioether (sulfide) groups is 1. The quantitative estimate of drug-likeness (QED) is 0.560. The lowest BCUT2D eigenvalue weighted by Gasteiger charge is -2.19. The maximum atomic E-state index is 13.0. The molecular weight excluding hydrogens is 374 g/mol. The van der Waals surface area contributed by atoms with Crippen LogP contribution in [0.15, 0.2) is 58.8 Å². The summed E-state index contributed by atoms with van der Waals surface area (Å²) in [5.41, 5.74) is 3.35. The fourth-order valence-corrected chi connectivity index (χ4v) is 4.29. The minimum Gasteiger partial charge on any atom is -0.337 e. The van der Waals surface area contributed by atoms with E-state index in [9.17, 15) is 4.79 Å². The second-order valence-electron chi connectivity index (χ2n) is 6.11. The lowest BCUT2D eigenvalue weighted by atomic mass is 10.1. The van der Waals surface area contributed by atoms with Crippen LogP contribution in [0.2, 0.25) is 0 Å². The van der Waals surface area contributed by atoms with Crippen LogP contribution in [0, 0.1) is 18.3 Å². The van der Waals surface area contributed by atoms with Gasteiger partial charge in [-0.15, -0.1) is 23.1 Å². The number of amides is 1. The van der Waals surface area contributed by atoms with Crippen LogP contribution in [-0.4, -0.2) is 22.8 Å². The molecule has 1 amide bonds. The van der Waals surface area contributed by atoms with E-state index in [4.69, 9.17) is 5.26 Å². The number of nitriles is 1. The molecule has 27 heavy (non-hydrogen) atoms. The summed E-state index contributed by atoms with van der Waals surface area (Å²) in [5.74, 6) is 0.727. The third-order valence-corrected chi connectivity index (χ3v) is 5.94. The molecule has 2 aromatic carbocycles. The molecule has 6 heteroatoms. The van der Waals surface area contributed by atoms with Crippen LogP contribution < -0.4 is 0 Å². The molecule has 0 aliphatic heterocycles. The topological polar surface area (TPSA) is 57.0 Å². The Kier molecular flexibility index (Phi) is 6.28. The molecule has 0 N–H and O–H groups in total. The number of thiazole rings is 1. The van der Waals surface area contributed by atoms with Crippen molar-refractivity contribution in [1.82, 2.24) is 9.88 Å². The summed E-state index contributed by atoms with van der Waals surface area (Å²) < 4.78 is 0. The Bertz CT molecular complexity index is 974. The van der Waals surface area contributed by atoms with Gasteiger partial charge in [-0.25, -0.2) is 4.98 Å². The highest BCUT2D eigenvalue weighted by Gasteiger charge is 2.16. The first kappa shape index (κ1) is 19.2. The van der Waals surface area contributed by atoms with Crippen LogP contribution in [-0.2, 0) is 12.3 Å². The number of rotatable bonds is 6. The van der Waals surface area contributed by atoms with E-state index < -0.39 is 0 Å². The zero-order valence-corrected chi connectivity index (χ0v) is 16.8. The SMILES string of the molecule is Cc1nc(CSc2ccccc2C(=O)N(C)Cc2ccc(C#N)cc2)cs1. The van der Waals surface area contributed by atoms with Gasteiger partial charge in [0, 0.05) is 29.6 Å². The molecule has 0 radical (unpaired) electrons. The van der Waals surface area contributed by atoms with Gasteiger partial charge >= 0.3 is 0 Å². The summed E-state index contributed by atoms with van der Waals surface area (Å²) in [6.45, 7) is 2.49. The van der Waals surface area contributed by atoms with Crippen LogP contribution in [0.25, 0.3) is 0 Å². The normalized spacial score (nSPS) is 10.4. The van der Waals surface area contributed by atoms with Crippen molar-refractivity contribution >= 4 is 29.0 Å². The third kappa shape index (κ3) is 4.97. The number of carbonyl (C=O) groups is 1. The Morgan fingerprint density at radius 2 is 1.96 bits per heavy atom. The molecule has 1 aromatic heterocycles. The molecule has 0 fully saturated rings. The molecule has 0 spiro atoms. The Morgan fingerprint density at radius 3 is 2.63 bits per heavy atom. The van der Waals surface area contributed by atoms with Crippen LogP contribution >= 0.6 is 23.1 Å². The van der Waals surface area contributed by atoms with E-state index in [1.807, 2.05) is 43.3 Å². The summed E-state index contributed by atoms with van der Waals surface area (Å²) in [6.07, 6.45) is 0. The predicted molar refractivity (Wildman–Crippen MR) is 110 cm³/mol. The van der Waals surface area contributed by atoms with E-state index in [0.717, 1.165) is 26.9 Å². The van der Waals surface area contributed by atoms with E-state index in [1.165, 1.54) is 0 Å². The van der Waals surface area contributed by atoms with Crippen LogP contribution in [0.4, 0.5) is 0 Å². The molecule has 136 valence electrons. The van der Waals surface area contributed by atoms with Gasteiger partial charge in [0.2, 0.25) is 0 Å². The molecule has 0 atom stereocenters. The zero-order valence-electron chi connectivity index (χ0n) is 15.2. The number of hydrogen-bond acceptors (Lipinski definition) is 5. The minimum absolute atomic E-state index is 0.0167. The standard InChI is InChI=1S/C21H19N3OS2/c1-15-23-18(13-26-15)14-27-20-6-4-3-5-19(20)21(25)24(2)12-17-9-7-16(11-22)8-10-17/h3-10,13H,12,14H2,1-2H3. The van der Waals surface area contributed by atoms with Crippen molar-refractivity contribution in [3.8, 4) is 6.07 Å². The van der Waals surface area contributed by atoms with Gasteiger partial charge < -0.3 is 4.90 Å². The summed E-state index contributed by atoms with van der Waals surface area (Å²) >= 11 is 3.27. The number of carbonyl (C=O) groups excluding carboxylic acids is 1. The molecule has 1 heterocycles. The molecule has 3 rings (SSSR count). The molecule has 0 bridgehead atoms. The highest BCUT2D eigenvalue weighted by Crippen LogP contribution is 2.27. The number of nitrogens with zero attached hydrogens (tertiary/aromatic N) is 3. The largest absolute Gasteiger partial charge is 0.337 e. The molecule has 0 saturated heterocycles. The van der Waals surface area contributed by atoms with Crippen molar-refractivity contribution in [2.75, 3.05) is 7.05 Å². The number of aryl methyl sites for hydroxylation is 1. The van der Waals surface area contributed by atoms with E-state index in [0.29, 0.717) is 17.7 Å². The number of aromatic nitrogens is 1. The van der Waals surface area contributed by atoms with Gasteiger partial charge in [0.25, 0.3) is 5.91 Å². The van der Waals surface area contributed by atoms with E-state index in [1.54, 1.807) is 47.2 Å². The summed E-state index contributed by atoms with van der Waals surface area (Å²) in [5, 5.41) is 12.0. The molecule has 3 aromatic rings. The lowest BCUT2D eigenvalue weighted by Crippen LogP contribution is -2.26. The fraction of sp³-hybridized carbons (Fsp3) is 0.190. The molecular formula is C21H19N3OS2. The molecule has 0 unspecified atom stereocenters. The van der Waals surface area contributed by atoms with Crippen LogP contribution in [0.5, 0.6) is 0 Å². The van der Waals surface area contributed by atoms with Crippen LogP contribution in [0.1, 0.15) is 32.2 Å². The first-order chi connectivity index (χ1) is 13.1. The average molecular weight is 394 g/mol. The van der Waals surface area contributed by atoms with Gasteiger partial charge in [0.15, 0.2) is 0 Å². The first-order valence-corrected chi connectivity index (χ1v) is 10.3. The summed E-state index contributed by atoms with van der Waals surface area (Å²) in [6, 6.07) is 17.1. The average Bonchev–Trinajstić information content (AvgIpc) is 3.12. The molecule has 4 nitrogen and oxygen atoms in total. The van der Waals surface area contributed by atoms with Gasteiger partial charge in [0.05, 0.1) is 27.9 Å². The number of benzene rings is 2. The second kappa shape index (κ2) is 8.85. The smallest absolute Gasteiger partial charge is 0.255 e. The van der Waals surface area contributed by atoms with E-state index >= 15 is 0 Å². The van der Waals surface area contributed by atoms with Gasteiger partial charge in [-0.3, -0.25) is 4.79 Å². The Morgan fingerprint density at radius 1 is 1.22 bits per heavy atom. The van der Waals surface area contributed by atoms with Gasteiger partial charge in [0.1, 0.15) is 0 Å². The summed E-state index contributed by atoms with van der Waals surface area (Å²) in [4.78, 5) is 20.1. The maximum absolute atomic E-state index is 13.0. The third-order valence-electron chi connectivity index (χ3n) is 4.01. The van der Waals surface area contributed by atoms with Crippen molar-refractivity contribution in [3.63, 3.8) is 0 Å². The maximum Gasteiger partial charge on any atom is 0.255 e. The highest BCUT2D eigenvalue weighted by molar-refractivity contribution is 7.98. The predicted octanol–water partition coefficient (Wildman–Crippen LogP) is 4.89. The summed E-state index contributed by atoms with van der Waals surface area (Å²) in [7, 11) is 1.80. The lowest BCUT2D eigenvalue weighted by molar-refractivity contribution is 0.0781. The monoisotopic (exact) mass is 393 g/mol. The fourth-order valence-electron chi connectivity index (χ4n) is 2.63. The van der Waals surface area contributed by atoms with Gasteiger partial charge in [-0.1, -0.05) is 24.3 Å². The van der Waals surface area contributed by atoms with Crippen molar-refractivity contribution in [1.29, 1.82) is 5.26 Å². The Labute approximate surface area is 167 Å². The highest BCUT2D eigenvalue weighted by atomic mass is 32.2. The number of hydrogen-bond donors (Lipinski definition) is 0. The molecule has 0 aliphatic carbocycles. The minimum atomic E-state index is -0.0167. The van der Waals surface area contributed by atoms with Crippen molar-refractivity contribution in [2.45, 2.75) is 24.1 Å². The molecule has 0 saturated carbocycles. The van der Waals surface area contributed by atoms with Crippen molar-refractivity contribution in [3.05, 3.63) is 81.3 Å². The van der Waals surface area contributed by atoms with E-state index in [-0.39, 0.29) is 5.91 Å². The van der Waals surface area contributed by atoms with E-state index in [2.05, 4.69) is 16.4 Å².